The first-order valence-electron chi connectivity index (χ1n) is 9.82. The molecule has 7 nitrogen and oxygen atoms in total. The lowest BCUT2D eigenvalue weighted by atomic mass is 9.99. The van der Waals surface area contributed by atoms with E-state index in [2.05, 4.69) is 18.8 Å². The predicted molar refractivity (Wildman–Crippen MR) is 111 cm³/mol. The molecule has 156 valence electrons. The number of hydrogen-bond acceptors (Lipinski definition) is 4. The second kappa shape index (κ2) is 8.51. The fourth-order valence-electron chi connectivity index (χ4n) is 3.38. The smallest absolute Gasteiger partial charge is 0.270 e. The minimum Gasteiger partial charge on any atom is -0.356 e. The van der Waals surface area contributed by atoms with Crippen LogP contribution in [0.4, 0.5) is 0 Å². The summed E-state index contributed by atoms with van der Waals surface area (Å²) in [5.74, 6) is 0.0424. The van der Waals surface area contributed by atoms with E-state index in [0.717, 1.165) is 12.0 Å². The molecule has 0 unspecified atom stereocenters. The fraction of sp³-hybridized carbons (Fsp3) is 0.429. The number of carbonyl (C=O) groups is 2. The Balaban J connectivity index is 1.66. The van der Waals surface area contributed by atoms with Crippen molar-refractivity contribution in [2.45, 2.75) is 38.0 Å². The maximum absolute atomic E-state index is 12.9. The first-order valence-corrected chi connectivity index (χ1v) is 11.3. The zero-order valence-corrected chi connectivity index (χ0v) is 17.8. The number of benzene rings is 1. The molecule has 8 heteroatoms. The number of Topliss-reactive ketones (excluding diaryl/α,β-unsaturated/α-hetero) is 1. The van der Waals surface area contributed by atoms with Crippen LogP contribution in [0.5, 0.6) is 0 Å². The van der Waals surface area contributed by atoms with Gasteiger partial charge in [-0.3, -0.25) is 9.59 Å². The van der Waals surface area contributed by atoms with Crippen molar-refractivity contribution in [3.8, 4) is 0 Å². The van der Waals surface area contributed by atoms with Gasteiger partial charge in [0.1, 0.15) is 5.69 Å². The lowest BCUT2D eigenvalue weighted by Crippen LogP contribution is -2.50. The van der Waals surface area contributed by atoms with E-state index in [4.69, 9.17) is 0 Å². The Hall–Kier alpha value is -2.45. The molecule has 1 atom stereocenters. The van der Waals surface area contributed by atoms with Gasteiger partial charge in [-0.2, -0.15) is 4.31 Å². The lowest BCUT2D eigenvalue weighted by Gasteiger charge is -2.33. The van der Waals surface area contributed by atoms with Crippen LogP contribution < -0.4 is 0 Å². The van der Waals surface area contributed by atoms with Gasteiger partial charge in [0.2, 0.25) is 10.0 Å². The third-order valence-corrected chi connectivity index (χ3v) is 7.46. The molecule has 1 aliphatic rings. The fourth-order valence-corrected chi connectivity index (χ4v) is 4.80. The van der Waals surface area contributed by atoms with Crippen LogP contribution in [-0.2, 0) is 10.0 Å². The van der Waals surface area contributed by atoms with Crippen LogP contribution >= 0.6 is 0 Å². The van der Waals surface area contributed by atoms with E-state index in [1.54, 1.807) is 17.0 Å². The van der Waals surface area contributed by atoms with Gasteiger partial charge in [0.15, 0.2) is 5.78 Å². The van der Waals surface area contributed by atoms with Gasteiger partial charge in [-0.1, -0.05) is 26.0 Å². The van der Waals surface area contributed by atoms with Crippen LogP contribution in [0.2, 0.25) is 0 Å². The van der Waals surface area contributed by atoms with Crippen molar-refractivity contribution in [3.05, 3.63) is 53.3 Å². The SMILES string of the molecule is CC[C@@H](C)c1ccc(S(=O)(=O)N2CCN(C(=O)c3cc(C(C)=O)c[nH]3)CC2)cc1. The van der Waals surface area contributed by atoms with E-state index < -0.39 is 10.0 Å². The van der Waals surface area contributed by atoms with Crippen molar-refractivity contribution >= 4 is 21.7 Å². The van der Waals surface area contributed by atoms with Crippen LogP contribution in [0.3, 0.4) is 0 Å². The van der Waals surface area contributed by atoms with E-state index in [9.17, 15) is 18.0 Å². The van der Waals surface area contributed by atoms with Gasteiger partial charge in [-0.05, 0) is 43.0 Å². The van der Waals surface area contributed by atoms with Crippen LogP contribution in [0.25, 0.3) is 0 Å². The number of nitrogens with one attached hydrogen (secondary N) is 1. The summed E-state index contributed by atoms with van der Waals surface area (Å²) < 4.78 is 27.3. The Bertz CT molecular complexity index is 987. The van der Waals surface area contributed by atoms with Crippen LogP contribution in [0.1, 0.15) is 59.5 Å². The summed E-state index contributed by atoms with van der Waals surface area (Å²) in [6.07, 6.45) is 2.51. The molecule has 1 aromatic heterocycles. The number of sulfonamides is 1. The average molecular weight is 418 g/mol. The van der Waals surface area contributed by atoms with Crippen LogP contribution in [-0.4, -0.2) is 60.5 Å². The van der Waals surface area contributed by atoms with Crippen LogP contribution in [0, 0.1) is 0 Å². The maximum atomic E-state index is 12.9. The molecule has 1 aliphatic heterocycles. The number of ketones is 1. The topological polar surface area (TPSA) is 90.6 Å². The molecule has 0 spiro atoms. The van der Waals surface area contributed by atoms with E-state index in [1.807, 2.05) is 12.1 Å². The highest BCUT2D eigenvalue weighted by Crippen LogP contribution is 2.23. The van der Waals surface area contributed by atoms with Gasteiger partial charge in [0.05, 0.1) is 4.90 Å². The summed E-state index contributed by atoms with van der Waals surface area (Å²) in [6, 6.07) is 8.61. The molecule has 29 heavy (non-hydrogen) atoms. The number of aromatic amines is 1. The number of hydrogen-bond donors (Lipinski definition) is 1. The molecule has 2 aromatic rings. The summed E-state index contributed by atoms with van der Waals surface area (Å²) >= 11 is 0. The summed E-state index contributed by atoms with van der Waals surface area (Å²) in [5, 5.41) is 0. The summed E-state index contributed by atoms with van der Waals surface area (Å²) in [4.78, 5) is 28.7. The molecule has 1 aromatic carbocycles. The number of nitrogens with zero attached hydrogens (tertiary/aromatic N) is 2. The van der Waals surface area contributed by atoms with Gasteiger partial charge >= 0.3 is 0 Å². The molecular weight excluding hydrogens is 390 g/mol. The summed E-state index contributed by atoms with van der Waals surface area (Å²) in [7, 11) is -3.59. The average Bonchev–Trinajstić information content (AvgIpc) is 3.23. The standard InChI is InChI=1S/C21H27N3O4S/c1-4-15(2)17-5-7-19(8-6-17)29(27,28)24-11-9-23(10-12-24)21(26)20-13-18(14-22-20)16(3)25/h5-8,13-15,22H,4,9-12H2,1-3H3/t15-/m1/s1. The van der Waals surface area contributed by atoms with Gasteiger partial charge in [0, 0.05) is 37.9 Å². The van der Waals surface area contributed by atoms with Crippen molar-refractivity contribution in [3.63, 3.8) is 0 Å². The van der Waals surface area contributed by atoms with Gasteiger partial charge < -0.3 is 9.88 Å². The van der Waals surface area contributed by atoms with E-state index in [0.29, 0.717) is 30.3 Å². The van der Waals surface area contributed by atoms with E-state index in [1.165, 1.54) is 23.5 Å². The Kier molecular flexibility index (Phi) is 6.24. The molecule has 0 radical (unpaired) electrons. The molecule has 0 saturated carbocycles. The number of amides is 1. The van der Waals surface area contributed by atoms with E-state index >= 15 is 0 Å². The molecular formula is C21H27N3O4S. The van der Waals surface area contributed by atoms with Crippen LogP contribution in [0.15, 0.2) is 41.4 Å². The molecule has 1 N–H and O–H groups in total. The number of rotatable bonds is 6. The zero-order chi connectivity index (χ0) is 21.2. The third-order valence-electron chi connectivity index (χ3n) is 5.55. The Morgan fingerprint density at radius 2 is 1.72 bits per heavy atom. The molecule has 0 aliphatic carbocycles. The second-order valence-electron chi connectivity index (χ2n) is 7.43. The van der Waals surface area contributed by atoms with Crippen molar-refractivity contribution in [2.24, 2.45) is 0 Å². The molecule has 1 amide bonds. The highest BCUT2D eigenvalue weighted by molar-refractivity contribution is 7.89. The van der Waals surface area contributed by atoms with Crippen molar-refractivity contribution in [2.75, 3.05) is 26.2 Å². The number of H-pyrrole nitrogens is 1. The Morgan fingerprint density at radius 1 is 1.10 bits per heavy atom. The highest BCUT2D eigenvalue weighted by atomic mass is 32.2. The minimum absolute atomic E-state index is 0.115. The number of piperazine rings is 1. The quantitative estimate of drug-likeness (QED) is 0.732. The lowest BCUT2D eigenvalue weighted by molar-refractivity contribution is 0.0692. The van der Waals surface area contributed by atoms with Crippen molar-refractivity contribution in [1.82, 2.24) is 14.2 Å². The maximum Gasteiger partial charge on any atom is 0.270 e. The molecule has 2 heterocycles. The van der Waals surface area contributed by atoms with Crippen molar-refractivity contribution in [1.29, 1.82) is 0 Å². The third kappa shape index (κ3) is 4.43. The van der Waals surface area contributed by atoms with E-state index in [-0.39, 0.29) is 29.7 Å². The first-order chi connectivity index (χ1) is 13.7. The molecule has 0 bridgehead atoms. The van der Waals surface area contributed by atoms with Gasteiger partial charge in [-0.25, -0.2) is 8.42 Å². The number of carbonyl (C=O) groups excluding carboxylic acids is 2. The first kappa shape index (κ1) is 21.3. The summed E-state index contributed by atoms with van der Waals surface area (Å²) in [5.41, 5.74) is 1.92. The largest absolute Gasteiger partial charge is 0.356 e. The number of aromatic nitrogens is 1. The van der Waals surface area contributed by atoms with Gasteiger partial charge in [-0.15, -0.1) is 0 Å². The minimum atomic E-state index is -3.59. The Labute approximate surface area is 171 Å². The zero-order valence-electron chi connectivity index (χ0n) is 17.0. The monoisotopic (exact) mass is 417 g/mol. The van der Waals surface area contributed by atoms with Crippen molar-refractivity contribution < 1.29 is 18.0 Å². The Morgan fingerprint density at radius 3 is 2.24 bits per heavy atom. The molecule has 1 saturated heterocycles. The molecule has 1 fully saturated rings. The highest BCUT2D eigenvalue weighted by Gasteiger charge is 2.31. The molecule has 3 rings (SSSR count). The van der Waals surface area contributed by atoms with Gasteiger partial charge in [0.25, 0.3) is 5.91 Å². The second-order valence-corrected chi connectivity index (χ2v) is 9.37. The summed E-state index contributed by atoms with van der Waals surface area (Å²) in [6.45, 7) is 6.74. The predicted octanol–water partition coefficient (Wildman–Crippen LogP) is 2.88. The normalized spacial score (nSPS) is 16.6.